The van der Waals surface area contributed by atoms with Crippen molar-refractivity contribution in [2.75, 3.05) is 0 Å². The third-order valence-corrected chi connectivity index (χ3v) is 2.74. The summed E-state index contributed by atoms with van der Waals surface area (Å²) in [6.45, 7) is 0. The first-order valence-electron chi connectivity index (χ1n) is 5.44. The summed E-state index contributed by atoms with van der Waals surface area (Å²) < 4.78 is 18.2. The number of hydrogen-bond donors (Lipinski definition) is 0. The zero-order chi connectivity index (χ0) is 13.2. The van der Waals surface area contributed by atoms with Crippen LogP contribution in [-0.2, 0) is 0 Å². The second-order valence-corrected chi connectivity index (χ2v) is 4.23. The van der Waals surface area contributed by atoms with Gasteiger partial charge in [-0.05, 0) is 36.4 Å². The topological polar surface area (TPSA) is 51.8 Å². The molecule has 19 heavy (non-hydrogen) atoms. The number of halogens is 2. The monoisotopic (exact) mass is 275 g/mol. The molecule has 2 aromatic heterocycles. The smallest absolute Gasteiger partial charge is 0.249 e. The molecule has 0 aliphatic rings. The Bertz CT molecular complexity index is 635. The molecule has 0 spiro atoms. The number of hydrogen-bond acceptors (Lipinski definition) is 4. The number of pyridine rings is 1. The zero-order valence-corrected chi connectivity index (χ0v) is 10.3. The Kier molecular flexibility index (Phi) is 2.97. The highest BCUT2D eigenvalue weighted by Crippen LogP contribution is 2.24. The number of benzene rings is 1. The predicted octanol–water partition coefficient (Wildman–Crippen LogP) is 3.59. The molecule has 0 saturated heterocycles. The average Bonchev–Trinajstić information content (AvgIpc) is 2.90. The molecule has 0 unspecified atom stereocenters. The lowest BCUT2D eigenvalue weighted by Gasteiger charge is -1.95. The van der Waals surface area contributed by atoms with Gasteiger partial charge in [0, 0.05) is 16.8 Å². The fourth-order valence-electron chi connectivity index (χ4n) is 1.55. The standard InChI is InChI=1S/C13H7ClFN3O/c14-10-4-1-8(2-5-10)12-17-18-13(19-12)9-3-6-11(15)16-7-9/h1-7H. The van der Waals surface area contributed by atoms with Gasteiger partial charge in [0.05, 0.1) is 5.56 Å². The molecule has 0 atom stereocenters. The van der Waals surface area contributed by atoms with Gasteiger partial charge in [0.25, 0.3) is 0 Å². The highest BCUT2D eigenvalue weighted by Gasteiger charge is 2.10. The molecule has 94 valence electrons. The minimum Gasteiger partial charge on any atom is -0.416 e. The summed E-state index contributed by atoms with van der Waals surface area (Å²) in [7, 11) is 0. The average molecular weight is 276 g/mol. The number of nitrogens with zero attached hydrogens (tertiary/aromatic N) is 3. The summed E-state index contributed by atoms with van der Waals surface area (Å²) in [4.78, 5) is 3.54. The molecule has 0 aliphatic heterocycles. The maximum Gasteiger partial charge on any atom is 0.249 e. The van der Waals surface area contributed by atoms with E-state index in [2.05, 4.69) is 15.2 Å². The van der Waals surface area contributed by atoms with E-state index in [1.165, 1.54) is 18.3 Å². The van der Waals surface area contributed by atoms with Gasteiger partial charge in [0.1, 0.15) is 0 Å². The molecule has 0 amide bonds. The highest BCUT2D eigenvalue weighted by atomic mass is 35.5. The molecule has 0 radical (unpaired) electrons. The lowest BCUT2D eigenvalue weighted by molar-refractivity contribution is 0.575. The maximum atomic E-state index is 12.7. The Morgan fingerprint density at radius 1 is 0.895 bits per heavy atom. The Morgan fingerprint density at radius 3 is 2.16 bits per heavy atom. The van der Waals surface area contributed by atoms with Gasteiger partial charge in [-0.25, -0.2) is 4.98 Å². The molecule has 0 saturated carbocycles. The third-order valence-electron chi connectivity index (χ3n) is 2.49. The van der Waals surface area contributed by atoms with Gasteiger partial charge in [0.2, 0.25) is 17.7 Å². The first kappa shape index (κ1) is 11.8. The van der Waals surface area contributed by atoms with E-state index >= 15 is 0 Å². The van der Waals surface area contributed by atoms with E-state index in [1.807, 2.05) is 0 Å². The first-order valence-corrected chi connectivity index (χ1v) is 5.81. The van der Waals surface area contributed by atoms with Crippen molar-refractivity contribution in [3.63, 3.8) is 0 Å². The largest absolute Gasteiger partial charge is 0.416 e. The fraction of sp³-hybridized carbons (Fsp3) is 0. The van der Waals surface area contributed by atoms with Crippen LogP contribution in [-0.4, -0.2) is 15.2 Å². The van der Waals surface area contributed by atoms with Crippen molar-refractivity contribution in [2.24, 2.45) is 0 Å². The van der Waals surface area contributed by atoms with Crippen LogP contribution in [0.2, 0.25) is 5.02 Å². The Hall–Kier alpha value is -2.27. The van der Waals surface area contributed by atoms with E-state index < -0.39 is 5.95 Å². The van der Waals surface area contributed by atoms with E-state index in [0.29, 0.717) is 16.5 Å². The van der Waals surface area contributed by atoms with Crippen LogP contribution < -0.4 is 0 Å². The zero-order valence-electron chi connectivity index (χ0n) is 9.55. The quantitative estimate of drug-likeness (QED) is 0.671. The fourth-order valence-corrected chi connectivity index (χ4v) is 1.68. The van der Waals surface area contributed by atoms with Gasteiger partial charge in [0.15, 0.2) is 0 Å². The minimum atomic E-state index is -0.554. The van der Waals surface area contributed by atoms with Gasteiger partial charge < -0.3 is 4.42 Å². The summed E-state index contributed by atoms with van der Waals surface area (Å²) >= 11 is 5.80. The molecule has 6 heteroatoms. The van der Waals surface area contributed by atoms with Crippen molar-refractivity contribution in [3.05, 3.63) is 53.6 Å². The van der Waals surface area contributed by atoms with Crippen molar-refractivity contribution < 1.29 is 8.81 Å². The van der Waals surface area contributed by atoms with Crippen molar-refractivity contribution >= 4 is 11.6 Å². The number of rotatable bonds is 2. The summed E-state index contributed by atoms with van der Waals surface area (Å²) in [5.41, 5.74) is 1.33. The first-order chi connectivity index (χ1) is 9.22. The Balaban J connectivity index is 1.95. The summed E-state index contributed by atoms with van der Waals surface area (Å²) in [5, 5.41) is 8.47. The molecule has 3 aromatic rings. The van der Waals surface area contributed by atoms with Crippen LogP contribution in [0, 0.1) is 5.95 Å². The molecule has 1 aromatic carbocycles. The van der Waals surface area contributed by atoms with Gasteiger partial charge in [-0.1, -0.05) is 11.6 Å². The van der Waals surface area contributed by atoms with Crippen molar-refractivity contribution in [3.8, 4) is 22.9 Å². The van der Waals surface area contributed by atoms with Crippen molar-refractivity contribution in [1.29, 1.82) is 0 Å². The second kappa shape index (κ2) is 4.78. The predicted molar refractivity (Wildman–Crippen MR) is 67.9 cm³/mol. The molecule has 4 nitrogen and oxygen atoms in total. The van der Waals surface area contributed by atoms with Crippen LogP contribution in [0.1, 0.15) is 0 Å². The van der Waals surface area contributed by atoms with Crippen molar-refractivity contribution in [2.45, 2.75) is 0 Å². The van der Waals surface area contributed by atoms with E-state index in [0.717, 1.165) is 5.56 Å². The van der Waals surface area contributed by atoms with Crippen LogP contribution in [0.15, 0.2) is 47.0 Å². The Labute approximate surface area is 112 Å². The van der Waals surface area contributed by atoms with Crippen LogP contribution in [0.25, 0.3) is 22.9 Å². The van der Waals surface area contributed by atoms with E-state index in [-0.39, 0.29) is 5.89 Å². The van der Waals surface area contributed by atoms with Gasteiger partial charge in [-0.2, -0.15) is 4.39 Å². The summed E-state index contributed by atoms with van der Waals surface area (Å²) in [5.74, 6) is 0.106. The molecule has 3 rings (SSSR count). The molecule has 0 bridgehead atoms. The third kappa shape index (κ3) is 2.46. The summed E-state index contributed by atoms with van der Waals surface area (Å²) in [6.07, 6.45) is 1.34. The molecule has 0 aliphatic carbocycles. The van der Waals surface area contributed by atoms with E-state index in [9.17, 15) is 4.39 Å². The van der Waals surface area contributed by atoms with E-state index in [1.54, 1.807) is 24.3 Å². The molecular weight excluding hydrogens is 269 g/mol. The SMILES string of the molecule is Fc1ccc(-c2nnc(-c3ccc(Cl)cc3)o2)cn1. The maximum absolute atomic E-state index is 12.7. The Morgan fingerprint density at radius 2 is 1.53 bits per heavy atom. The molecule has 0 N–H and O–H groups in total. The second-order valence-electron chi connectivity index (χ2n) is 3.79. The minimum absolute atomic E-state index is 0.289. The molecule has 0 fully saturated rings. The van der Waals surface area contributed by atoms with Gasteiger partial charge in [-0.3, -0.25) is 0 Å². The molecule has 2 heterocycles. The van der Waals surface area contributed by atoms with Crippen LogP contribution in [0.3, 0.4) is 0 Å². The van der Waals surface area contributed by atoms with Crippen molar-refractivity contribution in [1.82, 2.24) is 15.2 Å². The van der Waals surface area contributed by atoms with Crippen LogP contribution in [0.5, 0.6) is 0 Å². The lowest BCUT2D eigenvalue weighted by atomic mass is 10.2. The van der Waals surface area contributed by atoms with Crippen LogP contribution in [0.4, 0.5) is 4.39 Å². The summed E-state index contributed by atoms with van der Waals surface area (Å²) in [6, 6.07) is 9.80. The molecular formula is C13H7ClFN3O. The normalized spacial score (nSPS) is 10.6. The number of aromatic nitrogens is 3. The van der Waals surface area contributed by atoms with Gasteiger partial charge >= 0.3 is 0 Å². The lowest BCUT2D eigenvalue weighted by Crippen LogP contribution is -1.83. The van der Waals surface area contributed by atoms with E-state index in [4.69, 9.17) is 16.0 Å². The highest BCUT2D eigenvalue weighted by molar-refractivity contribution is 6.30. The van der Waals surface area contributed by atoms with Gasteiger partial charge in [-0.15, -0.1) is 10.2 Å². The van der Waals surface area contributed by atoms with Crippen LogP contribution >= 0.6 is 11.6 Å².